The lowest BCUT2D eigenvalue weighted by atomic mass is 10.1. The molecule has 0 saturated carbocycles. The SMILES string of the molecule is CC/C=C\C/C=C\C/C=C\C/C=C\CCCCCCCCC(=O)OC(COCCCCCCCCCC/C=C\C/C=C\CCCCCC)COP(=O)(O)OCC[N+](C)(C)C. The number of phosphoric ester groups is 1. The topological polar surface area (TPSA) is 91.3 Å². The minimum atomic E-state index is -4.29. The fraction of sp³-hybridized carbons (Fsp3) is 0.745. The number of quaternary nitrogens is 1. The second kappa shape index (κ2) is 43.6. The Balaban J connectivity index is 4.24. The summed E-state index contributed by atoms with van der Waals surface area (Å²) in [6.45, 7) is 5.46. The van der Waals surface area contributed by atoms with Crippen LogP contribution in [0.15, 0.2) is 72.9 Å². The molecule has 0 fully saturated rings. The van der Waals surface area contributed by atoms with Crippen molar-refractivity contribution in [2.24, 2.45) is 0 Å². The van der Waals surface area contributed by atoms with E-state index in [1.54, 1.807) is 0 Å². The zero-order valence-corrected chi connectivity index (χ0v) is 40.3. The molecule has 0 aliphatic rings. The molecule has 9 heteroatoms. The van der Waals surface area contributed by atoms with Gasteiger partial charge in [0.2, 0.25) is 0 Å². The van der Waals surface area contributed by atoms with Gasteiger partial charge in [-0.3, -0.25) is 13.8 Å². The zero-order valence-electron chi connectivity index (χ0n) is 39.4. The van der Waals surface area contributed by atoms with E-state index in [0.717, 1.165) is 77.0 Å². The number of phosphoric acid groups is 1. The van der Waals surface area contributed by atoms with Crippen LogP contribution in [0.5, 0.6) is 0 Å². The van der Waals surface area contributed by atoms with E-state index >= 15 is 0 Å². The van der Waals surface area contributed by atoms with Crippen molar-refractivity contribution in [1.82, 2.24) is 0 Å². The van der Waals surface area contributed by atoms with Gasteiger partial charge in [0.1, 0.15) is 19.3 Å². The summed E-state index contributed by atoms with van der Waals surface area (Å²) < 4.78 is 35.1. The Hall–Kier alpha value is -2.06. The Morgan fingerprint density at radius 1 is 0.533 bits per heavy atom. The average molecular weight is 863 g/mol. The number of allylic oxidation sites excluding steroid dienone is 12. The second-order valence-electron chi connectivity index (χ2n) is 17.1. The van der Waals surface area contributed by atoms with Crippen molar-refractivity contribution in [1.29, 1.82) is 0 Å². The van der Waals surface area contributed by atoms with Crippen LogP contribution in [0.4, 0.5) is 0 Å². The van der Waals surface area contributed by atoms with Crippen molar-refractivity contribution in [3.63, 3.8) is 0 Å². The summed E-state index contributed by atoms with van der Waals surface area (Å²) in [6.07, 6.45) is 56.5. The van der Waals surface area contributed by atoms with Crippen LogP contribution in [0.1, 0.15) is 187 Å². The minimum absolute atomic E-state index is 0.0808. The molecule has 0 saturated heterocycles. The third kappa shape index (κ3) is 47.0. The normalized spacial score (nSPS) is 14.3. The highest BCUT2D eigenvalue weighted by Crippen LogP contribution is 2.43. The molecule has 0 aromatic carbocycles. The Morgan fingerprint density at radius 2 is 0.967 bits per heavy atom. The summed E-state index contributed by atoms with van der Waals surface area (Å²) in [7, 11) is 1.64. The second-order valence-corrected chi connectivity index (χ2v) is 18.6. The maximum absolute atomic E-state index is 12.7. The quantitative estimate of drug-likeness (QED) is 0.0214. The third-order valence-electron chi connectivity index (χ3n) is 10.0. The summed E-state index contributed by atoms with van der Waals surface area (Å²) in [4.78, 5) is 23.0. The number of esters is 1. The summed E-state index contributed by atoms with van der Waals surface area (Å²) in [5.41, 5.74) is 0. The summed E-state index contributed by atoms with van der Waals surface area (Å²) in [6, 6.07) is 0. The zero-order chi connectivity index (χ0) is 44.1. The lowest BCUT2D eigenvalue weighted by Gasteiger charge is -2.24. The average Bonchev–Trinajstić information content (AvgIpc) is 3.20. The highest BCUT2D eigenvalue weighted by atomic mass is 31.2. The third-order valence-corrected chi connectivity index (χ3v) is 11.0. The van der Waals surface area contributed by atoms with Crippen molar-refractivity contribution in [2.45, 2.75) is 193 Å². The van der Waals surface area contributed by atoms with Gasteiger partial charge in [-0.05, 0) is 83.5 Å². The first-order valence-electron chi connectivity index (χ1n) is 24.2. The maximum Gasteiger partial charge on any atom is 0.472 e. The predicted molar refractivity (Wildman–Crippen MR) is 256 cm³/mol. The van der Waals surface area contributed by atoms with E-state index in [1.807, 2.05) is 21.1 Å². The molecule has 0 bridgehead atoms. The number of hydrogen-bond donors (Lipinski definition) is 1. The van der Waals surface area contributed by atoms with E-state index in [9.17, 15) is 14.3 Å². The van der Waals surface area contributed by atoms with Crippen LogP contribution in [0, 0.1) is 0 Å². The van der Waals surface area contributed by atoms with Crippen LogP contribution in [-0.4, -0.2) is 75.6 Å². The molecule has 2 unspecified atom stereocenters. The van der Waals surface area contributed by atoms with Crippen LogP contribution in [-0.2, 0) is 27.9 Å². The molecular formula is C51H93NO7P+. The van der Waals surface area contributed by atoms with Gasteiger partial charge < -0.3 is 18.9 Å². The molecule has 0 radical (unpaired) electrons. The predicted octanol–water partition coefficient (Wildman–Crippen LogP) is 14.7. The Bertz CT molecular complexity index is 1190. The van der Waals surface area contributed by atoms with Crippen molar-refractivity contribution in [3.8, 4) is 0 Å². The van der Waals surface area contributed by atoms with Gasteiger partial charge in [-0.2, -0.15) is 0 Å². The molecule has 348 valence electrons. The van der Waals surface area contributed by atoms with Crippen LogP contribution >= 0.6 is 7.82 Å². The number of carbonyl (C=O) groups is 1. The van der Waals surface area contributed by atoms with Crippen LogP contribution in [0.2, 0.25) is 0 Å². The monoisotopic (exact) mass is 863 g/mol. The number of carbonyl (C=O) groups excluding carboxylic acids is 1. The van der Waals surface area contributed by atoms with E-state index < -0.39 is 13.9 Å². The van der Waals surface area contributed by atoms with Gasteiger partial charge >= 0.3 is 13.8 Å². The first-order valence-corrected chi connectivity index (χ1v) is 25.7. The van der Waals surface area contributed by atoms with Gasteiger partial charge in [-0.15, -0.1) is 0 Å². The number of rotatable bonds is 44. The highest BCUT2D eigenvalue weighted by molar-refractivity contribution is 7.47. The van der Waals surface area contributed by atoms with Crippen LogP contribution < -0.4 is 0 Å². The lowest BCUT2D eigenvalue weighted by Crippen LogP contribution is -2.37. The number of ether oxygens (including phenoxy) is 2. The van der Waals surface area contributed by atoms with Gasteiger partial charge in [-0.1, -0.05) is 170 Å². The summed E-state index contributed by atoms with van der Waals surface area (Å²) >= 11 is 0. The molecule has 1 N–H and O–H groups in total. The van der Waals surface area contributed by atoms with E-state index in [-0.39, 0.29) is 25.8 Å². The smallest absolute Gasteiger partial charge is 0.457 e. The number of hydrogen-bond acceptors (Lipinski definition) is 6. The number of unbranched alkanes of at least 4 members (excludes halogenated alkanes) is 18. The van der Waals surface area contributed by atoms with Gasteiger partial charge in [-0.25, -0.2) is 4.57 Å². The van der Waals surface area contributed by atoms with Crippen molar-refractivity contribution >= 4 is 13.8 Å². The van der Waals surface area contributed by atoms with Gasteiger partial charge in [0.25, 0.3) is 0 Å². The lowest BCUT2D eigenvalue weighted by molar-refractivity contribution is -0.870. The Labute approximate surface area is 370 Å². The van der Waals surface area contributed by atoms with Crippen molar-refractivity contribution in [3.05, 3.63) is 72.9 Å². The summed E-state index contributed by atoms with van der Waals surface area (Å²) in [5, 5.41) is 0. The van der Waals surface area contributed by atoms with E-state index in [0.29, 0.717) is 24.1 Å². The maximum atomic E-state index is 12.7. The van der Waals surface area contributed by atoms with E-state index in [1.165, 1.54) is 89.9 Å². The molecule has 0 aromatic heterocycles. The molecular weight excluding hydrogens is 770 g/mol. The molecule has 60 heavy (non-hydrogen) atoms. The molecule has 0 aliphatic heterocycles. The standard InChI is InChI=1S/C51H92NO7P/c1-6-8-10-12-14-16-18-20-22-24-26-28-30-32-34-36-38-40-42-44-51(53)59-50(49-58-60(54,55)57-47-45-52(3,4)5)48-56-46-43-41-39-37-35-33-31-29-27-25-23-21-19-17-15-13-11-9-7-2/h8,10,14,16-17,19-20,22-23,25-26,28,50H,6-7,9,11-13,15,18,21,24,27,29-49H2,1-5H3/p+1/b10-8-,16-14-,19-17-,22-20-,25-23-,28-26-. The molecule has 0 spiro atoms. The van der Waals surface area contributed by atoms with Crippen LogP contribution in [0.25, 0.3) is 0 Å². The Morgan fingerprint density at radius 3 is 1.45 bits per heavy atom. The Kier molecular flexibility index (Phi) is 42.1. The molecule has 2 atom stereocenters. The van der Waals surface area contributed by atoms with Crippen molar-refractivity contribution < 1.29 is 37.3 Å². The molecule has 0 aromatic rings. The highest BCUT2D eigenvalue weighted by Gasteiger charge is 2.26. The minimum Gasteiger partial charge on any atom is -0.457 e. The molecule has 0 rings (SSSR count). The van der Waals surface area contributed by atoms with Gasteiger partial charge in [0.15, 0.2) is 0 Å². The van der Waals surface area contributed by atoms with Crippen molar-refractivity contribution in [2.75, 3.05) is 54.1 Å². The number of nitrogens with zero attached hydrogens (tertiary/aromatic N) is 1. The van der Waals surface area contributed by atoms with Gasteiger partial charge in [0.05, 0.1) is 34.4 Å². The van der Waals surface area contributed by atoms with Gasteiger partial charge in [0, 0.05) is 13.0 Å². The van der Waals surface area contributed by atoms with Crippen LogP contribution in [0.3, 0.4) is 0 Å². The van der Waals surface area contributed by atoms with E-state index in [4.69, 9.17) is 18.5 Å². The summed E-state index contributed by atoms with van der Waals surface area (Å²) in [5.74, 6) is -0.332. The van der Waals surface area contributed by atoms with E-state index in [2.05, 4.69) is 86.8 Å². The first kappa shape index (κ1) is 57.9. The number of likely N-dealkylation sites (N-methyl/N-ethyl adjacent to an activating group) is 1. The molecule has 0 heterocycles. The molecule has 0 aliphatic carbocycles. The molecule has 8 nitrogen and oxygen atoms in total. The largest absolute Gasteiger partial charge is 0.472 e. The fourth-order valence-corrected chi connectivity index (χ4v) is 7.02. The fourth-order valence-electron chi connectivity index (χ4n) is 6.28. The first-order chi connectivity index (χ1) is 29.1. The molecule has 0 amide bonds.